The fourth-order valence-electron chi connectivity index (χ4n) is 1.14. The molecule has 0 radical (unpaired) electrons. The van der Waals surface area contributed by atoms with Gasteiger partial charge in [0.05, 0.1) is 10.0 Å². The zero-order valence-corrected chi connectivity index (χ0v) is 12.9. The number of hydrogen-bond acceptors (Lipinski definition) is 3. The molecular formula is C12H18Cl2N2S. The summed E-state index contributed by atoms with van der Waals surface area (Å²) in [6.07, 6.45) is 0. The highest BCUT2D eigenvalue weighted by atomic mass is 35.5. The predicted octanol–water partition coefficient (Wildman–Crippen LogP) is 4.96. The zero-order chi connectivity index (χ0) is 13.0. The Hall–Kier alpha value is -0.120. The van der Waals surface area contributed by atoms with E-state index in [4.69, 9.17) is 23.2 Å². The van der Waals surface area contributed by atoms with E-state index in [9.17, 15) is 0 Å². The highest BCUT2D eigenvalue weighted by Gasteiger charge is 2.14. The molecule has 0 aromatic carbocycles. The number of rotatable bonds is 5. The van der Waals surface area contributed by atoms with Gasteiger partial charge in [-0.1, -0.05) is 44.0 Å². The largest absolute Gasteiger partial charge is 0.369 e. The van der Waals surface area contributed by atoms with E-state index in [2.05, 4.69) is 31.1 Å². The number of aromatic nitrogens is 1. The topological polar surface area (TPSA) is 24.9 Å². The number of nitrogens with zero attached hydrogens (tertiary/aromatic N) is 1. The first-order valence-electron chi connectivity index (χ1n) is 5.72. The Kier molecular flexibility index (Phi) is 5.90. The second-order valence-corrected chi connectivity index (χ2v) is 6.38. The quantitative estimate of drug-likeness (QED) is 0.777. The minimum atomic E-state index is 0.468. The highest BCUT2D eigenvalue weighted by molar-refractivity contribution is 8.00. The molecule has 1 aromatic rings. The van der Waals surface area contributed by atoms with Gasteiger partial charge in [0.1, 0.15) is 10.8 Å². The summed E-state index contributed by atoms with van der Waals surface area (Å²) in [5.74, 6) is 1.29. The summed E-state index contributed by atoms with van der Waals surface area (Å²) in [6.45, 7) is 9.35. The van der Waals surface area contributed by atoms with Gasteiger partial charge < -0.3 is 5.32 Å². The first-order valence-corrected chi connectivity index (χ1v) is 7.35. The summed E-state index contributed by atoms with van der Waals surface area (Å²) in [5, 5.41) is 5.63. The molecule has 0 saturated carbocycles. The normalized spacial score (nSPS) is 12.9. The Morgan fingerprint density at radius 1 is 1.29 bits per heavy atom. The molecule has 1 heterocycles. The van der Waals surface area contributed by atoms with Crippen LogP contribution in [0.4, 0.5) is 5.82 Å². The first kappa shape index (κ1) is 14.9. The Bertz CT molecular complexity index is 383. The summed E-state index contributed by atoms with van der Waals surface area (Å²) in [7, 11) is 0. The van der Waals surface area contributed by atoms with Crippen molar-refractivity contribution in [3.63, 3.8) is 0 Å². The van der Waals surface area contributed by atoms with Crippen molar-refractivity contribution >= 4 is 40.8 Å². The van der Waals surface area contributed by atoms with E-state index < -0.39 is 0 Å². The van der Waals surface area contributed by atoms with Crippen molar-refractivity contribution in [2.45, 2.75) is 38.0 Å². The second kappa shape index (κ2) is 6.72. The Labute approximate surface area is 117 Å². The lowest BCUT2D eigenvalue weighted by Gasteiger charge is -2.16. The Morgan fingerprint density at radius 2 is 1.94 bits per heavy atom. The molecule has 1 N–H and O–H groups in total. The summed E-state index contributed by atoms with van der Waals surface area (Å²) in [5.41, 5.74) is 0. The average molecular weight is 293 g/mol. The van der Waals surface area contributed by atoms with E-state index in [0.717, 1.165) is 11.6 Å². The van der Waals surface area contributed by atoms with Crippen LogP contribution in [0.2, 0.25) is 10.0 Å². The molecular weight excluding hydrogens is 275 g/mol. The minimum absolute atomic E-state index is 0.468. The van der Waals surface area contributed by atoms with Crippen LogP contribution >= 0.6 is 35.0 Å². The number of hydrogen-bond donors (Lipinski definition) is 1. The maximum absolute atomic E-state index is 6.15. The first-order chi connectivity index (χ1) is 7.95. The monoisotopic (exact) mass is 292 g/mol. The zero-order valence-electron chi connectivity index (χ0n) is 10.6. The average Bonchev–Trinajstić information content (AvgIpc) is 2.24. The van der Waals surface area contributed by atoms with Crippen LogP contribution in [0.25, 0.3) is 0 Å². The molecule has 0 amide bonds. The molecule has 0 saturated heterocycles. The molecule has 1 aromatic heterocycles. The van der Waals surface area contributed by atoms with Gasteiger partial charge in [0, 0.05) is 11.8 Å². The summed E-state index contributed by atoms with van der Waals surface area (Å²) in [4.78, 5) is 4.47. The third-order valence-corrected chi connectivity index (χ3v) is 4.62. The molecule has 96 valence electrons. The molecule has 2 nitrogen and oxygen atoms in total. The third-order valence-electron chi connectivity index (χ3n) is 2.48. The lowest BCUT2D eigenvalue weighted by molar-refractivity contribution is 0.641. The van der Waals surface area contributed by atoms with Gasteiger partial charge in [0.2, 0.25) is 0 Å². The molecule has 0 aliphatic rings. The van der Waals surface area contributed by atoms with Crippen molar-refractivity contribution in [2.75, 3.05) is 11.9 Å². The van der Waals surface area contributed by atoms with E-state index in [1.54, 1.807) is 17.8 Å². The fraction of sp³-hybridized carbons (Fsp3) is 0.583. The number of thioether (sulfide) groups is 1. The van der Waals surface area contributed by atoms with Crippen molar-refractivity contribution in [1.29, 1.82) is 0 Å². The fourth-order valence-corrected chi connectivity index (χ4v) is 2.63. The summed E-state index contributed by atoms with van der Waals surface area (Å²) >= 11 is 13.9. The lowest BCUT2D eigenvalue weighted by Crippen LogP contribution is -2.07. The van der Waals surface area contributed by atoms with E-state index in [1.807, 2.05) is 6.92 Å². The number of pyridine rings is 1. The SMILES string of the molecule is CCNc1nc(SC(C)C(C)C)c(Cl)cc1Cl. The van der Waals surface area contributed by atoms with E-state index in [-0.39, 0.29) is 0 Å². The smallest absolute Gasteiger partial charge is 0.146 e. The van der Waals surface area contributed by atoms with Gasteiger partial charge >= 0.3 is 0 Å². The molecule has 5 heteroatoms. The highest BCUT2D eigenvalue weighted by Crippen LogP contribution is 2.35. The molecule has 0 bridgehead atoms. The van der Waals surface area contributed by atoms with Crippen molar-refractivity contribution in [1.82, 2.24) is 4.98 Å². The van der Waals surface area contributed by atoms with E-state index >= 15 is 0 Å². The van der Waals surface area contributed by atoms with Gasteiger partial charge in [0.25, 0.3) is 0 Å². The molecule has 0 fully saturated rings. The maximum Gasteiger partial charge on any atom is 0.146 e. The van der Waals surface area contributed by atoms with Crippen molar-refractivity contribution in [3.8, 4) is 0 Å². The molecule has 1 atom stereocenters. The molecule has 0 aliphatic carbocycles. The van der Waals surface area contributed by atoms with Gasteiger partial charge in [-0.25, -0.2) is 4.98 Å². The lowest BCUT2D eigenvalue weighted by atomic mass is 10.2. The van der Waals surface area contributed by atoms with Gasteiger partial charge in [-0.3, -0.25) is 0 Å². The number of anilines is 1. The maximum atomic E-state index is 6.15. The van der Waals surface area contributed by atoms with Crippen LogP contribution in [0.3, 0.4) is 0 Å². The predicted molar refractivity (Wildman–Crippen MR) is 78.6 cm³/mol. The Balaban J connectivity index is 2.95. The van der Waals surface area contributed by atoms with Crippen LogP contribution in [0.1, 0.15) is 27.7 Å². The molecule has 0 aliphatic heterocycles. The van der Waals surface area contributed by atoms with Crippen LogP contribution < -0.4 is 5.32 Å². The minimum Gasteiger partial charge on any atom is -0.369 e. The van der Waals surface area contributed by atoms with Crippen LogP contribution in [-0.2, 0) is 0 Å². The van der Waals surface area contributed by atoms with Gasteiger partial charge in [-0.15, -0.1) is 11.8 Å². The second-order valence-electron chi connectivity index (χ2n) is 4.20. The number of nitrogens with one attached hydrogen (secondary N) is 1. The van der Waals surface area contributed by atoms with Crippen molar-refractivity contribution in [2.24, 2.45) is 5.92 Å². The van der Waals surface area contributed by atoms with Crippen molar-refractivity contribution < 1.29 is 0 Å². The van der Waals surface area contributed by atoms with Crippen LogP contribution in [0.5, 0.6) is 0 Å². The van der Waals surface area contributed by atoms with E-state index in [0.29, 0.717) is 27.0 Å². The molecule has 17 heavy (non-hydrogen) atoms. The van der Waals surface area contributed by atoms with Gasteiger partial charge in [-0.2, -0.15) is 0 Å². The van der Waals surface area contributed by atoms with Crippen LogP contribution in [0.15, 0.2) is 11.1 Å². The third kappa shape index (κ3) is 4.23. The van der Waals surface area contributed by atoms with Crippen LogP contribution in [0, 0.1) is 5.92 Å². The van der Waals surface area contributed by atoms with Crippen LogP contribution in [-0.4, -0.2) is 16.8 Å². The van der Waals surface area contributed by atoms with E-state index in [1.165, 1.54) is 0 Å². The standard InChI is InChI=1S/C12H18Cl2N2S/c1-5-15-11-9(13)6-10(14)12(16-11)17-8(4)7(2)3/h6-8H,5H2,1-4H3,(H,15,16). The molecule has 1 rings (SSSR count). The number of halogens is 2. The summed E-state index contributed by atoms with van der Waals surface area (Å²) < 4.78 is 0. The molecule has 0 spiro atoms. The summed E-state index contributed by atoms with van der Waals surface area (Å²) in [6, 6.07) is 1.75. The molecule has 1 unspecified atom stereocenters. The van der Waals surface area contributed by atoms with Gasteiger partial charge in [0.15, 0.2) is 0 Å². The Morgan fingerprint density at radius 3 is 2.47 bits per heavy atom. The van der Waals surface area contributed by atoms with Crippen molar-refractivity contribution in [3.05, 3.63) is 16.1 Å². The van der Waals surface area contributed by atoms with Gasteiger partial charge in [-0.05, 0) is 18.9 Å².